The van der Waals surface area contributed by atoms with Crippen molar-refractivity contribution in [1.82, 2.24) is 9.47 Å². The van der Waals surface area contributed by atoms with Crippen molar-refractivity contribution in [2.45, 2.75) is 53.6 Å². The van der Waals surface area contributed by atoms with Crippen LogP contribution in [-0.4, -0.2) is 27.7 Å². The molecule has 0 aliphatic heterocycles. The minimum atomic E-state index is -0.271. The second-order valence-corrected chi connectivity index (χ2v) is 4.91. The number of unbranched alkanes of at least 4 members (excludes halogenated alkanes) is 1. The monoisotopic (exact) mass is 266 g/mol. The number of rotatable bonds is 7. The summed E-state index contributed by atoms with van der Waals surface area (Å²) in [4.78, 5) is 14.0. The Morgan fingerprint density at radius 3 is 2.42 bits per heavy atom. The topological polar surface area (TPSA) is 45.5 Å². The van der Waals surface area contributed by atoms with E-state index < -0.39 is 0 Å². The first-order valence-electron chi connectivity index (χ1n) is 7.19. The molecule has 0 aliphatic carbocycles. The minimum absolute atomic E-state index is 0.0893. The first kappa shape index (κ1) is 15.8. The molecule has 1 aromatic rings. The molecule has 1 N–H and O–H groups in total. The molecule has 1 heterocycles. The smallest absolute Gasteiger partial charge is 0.223 e. The van der Waals surface area contributed by atoms with Crippen molar-refractivity contribution in [2.75, 3.05) is 13.1 Å². The Morgan fingerprint density at radius 1 is 1.26 bits per heavy atom. The molecule has 0 aliphatic rings. The lowest BCUT2D eigenvalue weighted by molar-refractivity contribution is 0.278. The lowest BCUT2D eigenvalue weighted by Crippen LogP contribution is -2.27. The van der Waals surface area contributed by atoms with Gasteiger partial charge in [0.25, 0.3) is 0 Å². The second-order valence-electron chi connectivity index (χ2n) is 4.91. The van der Waals surface area contributed by atoms with E-state index in [1.54, 1.807) is 0 Å². The van der Waals surface area contributed by atoms with Crippen molar-refractivity contribution in [3.05, 3.63) is 27.7 Å². The standard InChI is InChI=1S/C15H26N2O2/c1-5-8-9-17-12(4)10-14(18)15(19)13(17)11-16(6-2)7-3/h10,19H,5-9,11H2,1-4H3. The minimum Gasteiger partial charge on any atom is -0.503 e. The number of aromatic nitrogens is 1. The van der Waals surface area contributed by atoms with Crippen LogP contribution >= 0.6 is 0 Å². The Bertz CT molecular complexity index is 462. The van der Waals surface area contributed by atoms with Crippen LogP contribution < -0.4 is 5.43 Å². The summed E-state index contributed by atoms with van der Waals surface area (Å²) in [6, 6.07) is 1.52. The Balaban J connectivity index is 3.19. The first-order valence-corrected chi connectivity index (χ1v) is 7.19. The summed E-state index contributed by atoms with van der Waals surface area (Å²) >= 11 is 0. The van der Waals surface area contributed by atoms with Crippen LogP contribution in [0.1, 0.15) is 45.0 Å². The Morgan fingerprint density at radius 2 is 1.89 bits per heavy atom. The normalized spacial score (nSPS) is 11.2. The molecular formula is C15H26N2O2. The zero-order valence-electron chi connectivity index (χ0n) is 12.6. The van der Waals surface area contributed by atoms with Gasteiger partial charge in [0.2, 0.25) is 5.43 Å². The van der Waals surface area contributed by atoms with Crippen molar-refractivity contribution >= 4 is 0 Å². The van der Waals surface area contributed by atoms with Gasteiger partial charge in [-0.3, -0.25) is 9.69 Å². The van der Waals surface area contributed by atoms with Crippen LogP contribution in [0.15, 0.2) is 10.9 Å². The fraction of sp³-hybridized carbons (Fsp3) is 0.667. The van der Waals surface area contributed by atoms with Gasteiger partial charge in [0.05, 0.1) is 5.69 Å². The van der Waals surface area contributed by atoms with Gasteiger partial charge in [-0.15, -0.1) is 0 Å². The fourth-order valence-electron chi connectivity index (χ4n) is 2.27. The maximum atomic E-state index is 11.8. The van der Waals surface area contributed by atoms with Gasteiger partial charge in [0, 0.05) is 24.8 Å². The van der Waals surface area contributed by atoms with Crippen LogP contribution in [0, 0.1) is 6.92 Å². The van der Waals surface area contributed by atoms with Gasteiger partial charge in [-0.05, 0) is 26.4 Å². The highest BCUT2D eigenvalue weighted by molar-refractivity contribution is 5.29. The molecule has 4 nitrogen and oxygen atoms in total. The summed E-state index contributed by atoms with van der Waals surface area (Å²) in [6.07, 6.45) is 2.14. The molecule has 4 heteroatoms. The van der Waals surface area contributed by atoms with Gasteiger partial charge in [-0.1, -0.05) is 27.2 Å². The molecule has 0 bridgehead atoms. The molecule has 0 saturated carbocycles. The van der Waals surface area contributed by atoms with E-state index in [0.717, 1.165) is 43.9 Å². The molecule has 0 fully saturated rings. The van der Waals surface area contributed by atoms with Crippen LogP contribution in [0.5, 0.6) is 5.75 Å². The zero-order valence-corrected chi connectivity index (χ0v) is 12.6. The van der Waals surface area contributed by atoms with E-state index in [-0.39, 0.29) is 11.2 Å². The number of aryl methyl sites for hydroxylation is 1. The molecule has 0 spiro atoms. The summed E-state index contributed by atoms with van der Waals surface area (Å²) < 4.78 is 2.08. The summed E-state index contributed by atoms with van der Waals surface area (Å²) in [7, 11) is 0. The van der Waals surface area contributed by atoms with E-state index in [9.17, 15) is 9.90 Å². The maximum Gasteiger partial charge on any atom is 0.223 e. The molecule has 1 rings (SSSR count). The van der Waals surface area contributed by atoms with Crippen molar-refractivity contribution in [3.8, 4) is 5.75 Å². The third kappa shape index (κ3) is 3.83. The second kappa shape index (κ2) is 7.34. The van der Waals surface area contributed by atoms with Crippen LogP contribution in [0.4, 0.5) is 0 Å². The number of pyridine rings is 1. The highest BCUT2D eigenvalue weighted by Gasteiger charge is 2.14. The van der Waals surface area contributed by atoms with Crippen LogP contribution in [0.25, 0.3) is 0 Å². The van der Waals surface area contributed by atoms with E-state index in [4.69, 9.17) is 0 Å². The first-order chi connectivity index (χ1) is 9.04. The summed E-state index contributed by atoms with van der Waals surface area (Å²) in [6.45, 7) is 11.5. The Labute approximate surface area is 115 Å². The number of nitrogens with zero attached hydrogens (tertiary/aromatic N) is 2. The fourth-order valence-corrected chi connectivity index (χ4v) is 2.27. The highest BCUT2D eigenvalue weighted by atomic mass is 16.3. The number of hydrogen-bond acceptors (Lipinski definition) is 3. The quantitative estimate of drug-likeness (QED) is 0.824. The molecule has 0 amide bonds. The van der Waals surface area contributed by atoms with Crippen molar-refractivity contribution in [3.63, 3.8) is 0 Å². The van der Waals surface area contributed by atoms with E-state index in [2.05, 4.69) is 30.2 Å². The predicted molar refractivity (Wildman–Crippen MR) is 78.6 cm³/mol. The Kier molecular flexibility index (Phi) is 6.09. The van der Waals surface area contributed by atoms with Crippen LogP contribution in [0.3, 0.4) is 0 Å². The van der Waals surface area contributed by atoms with Gasteiger partial charge in [0.1, 0.15) is 0 Å². The van der Waals surface area contributed by atoms with Crippen LogP contribution in [0.2, 0.25) is 0 Å². The van der Waals surface area contributed by atoms with Gasteiger partial charge in [-0.25, -0.2) is 0 Å². The Hall–Kier alpha value is -1.29. The molecule has 19 heavy (non-hydrogen) atoms. The molecule has 0 atom stereocenters. The number of hydrogen-bond donors (Lipinski definition) is 1. The molecule has 0 saturated heterocycles. The van der Waals surface area contributed by atoms with Gasteiger partial charge in [0.15, 0.2) is 5.75 Å². The zero-order chi connectivity index (χ0) is 14.4. The van der Waals surface area contributed by atoms with Gasteiger partial charge < -0.3 is 9.67 Å². The molecule has 0 unspecified atom stereocenters. The SMILES string of the molecule is CCCCn1c(C)cc(=O)c(O)c1CN(CC)CC. The third-order valence-corrected chi connectivity index (χ3v) is 3.60. The summed E-state index contributed by atoms with van der Waals surface area (Å²) in [5.41, 5.74) is 1.41. The molecule has 1 aromatic heterocycles. The average Bonchev–Trinajstić information content (AvgIpc) is 2.40. The lowest BCUT2D eigenvalue weighted by atomic mass is 10.2. The molecule has 108 valence electrons. The molecule has 0 radical (unpaired) electrons. The maximum absolute atomic E-state index is 11.8. The average molecular weight is 266 g/mol. The van der Waals surface area contributed by atoms with Crippen LogP contribution in [-0.2, 0) is 13.1 Å². The third-order valence-electron chi connectivity index (χ3n) is 3.60. The van der Waals surface area contributed by atoms with Crippen molar-refractivity contribution in [2.24, 2.45) is 0 Å². The molecular weight excluding hydrogens is 240 g/mol. The van der Waals surface area contributed by atoms with E-state index >= 15 is 0 Å². The highest BCUT2D eigenvalue weighted by Crippen LogP contribution is 2.17. The van der Waals surface area contributed by atoms with Crippen molar-refractivity contribution in [1.29, 1.82) is 0 Å². The summed E-state index contributed by atoms with van der Waals surface area (Å²) in [5, 5.41) is 10.1. The van der Waals surface area contributed by atoms with E-state index in [1.807, 2.05) is 6.92 Å². The van der Waals surface area contributed by atoms with E-state index in [0.29, 0.717) is 6.54 Å². The lowest BCUT2D eigenvalue weighted by Gasteiger charge is -2.23. The summed E-state index contributed by atoms with van der Waals surface area (Å²) in [5.74, 6) is -0.0893. The van der Waals surface area contributed by atoms with Crippen molar-refractivity contribution < 1.29 is 5.11 Å². The van der Waals surface area contributed by atoms with Gasteiger partial charge >= 0.3 is 0 Å². The number of aromatic hydroxyl groups is 1. The largest absolute Gasteiger partial charge is 0.503 e. The van der Waals surface area contributed by atoms with Gasteiger partial charge in [-0.2, -0.15) is 0 Å². The molecule has 0 aromatic carbocycles. The van der Waals surface area contributed by atoms with E-state index in [1.165, 1.54) is 6.07 Å². The predicted octanol–water partition coefficient (Wildman–Crippen LogP) is 2.50.